The van der Waals surface area contributed by atoms with Crippen molar-refractivity contribution in [3.8, 4) is 0 Å². The predicted molar refractivity (Wildman–Crippen MR) is 93.2 cm³/mol. The number of carbonyl (C=O) groups is 2. The fraction of sp³-hybridized carbons (Fsp3) is 0.263. The van der Waals surface area contributed by atoms with Crippen LogP contribution in [0.2, 0.25) is 5.02 Å². The normalized spacial score (nSPS) is 16.4. The van der Waals surface area contributed by atoms with Gasteiger partial charge in [0.25, 0.3) is 0 Å². The summed E-state index contributed by atoms with van der Waals surface area (Å²) in [6.45, 7) is 0. The molecule has 0 aliphatic carbocycles. The first-order chi connectivity index (χ1) is 11.6. The van der Waals surface area contributed by atoms with Gasteiger partial charge in [0.15, 0.2) is 0 Å². The highest BCUT2D eigenvalue weighted by atomic mass is 35.5. The lowest BCUT2D eigenvalue weighted by Crippen LogP contribution is -2.49. The van der Waals surface area contributed by atoms with E-state index >= 15 is 0 Å². The summed E-state index contributed by atoms with van der Waals surface area (Å²) in [4.78, 5) is 26.7. The van der Waals surface area contributed by atoms with Crippen molar-refractivity contribution in [1.82, 2.24) is 0 Å². The fourth-order valence-corrected chi connectivity index (χ4v) is 3.20. The Morgan fingerprint density at radius 1 is 1.17 bits per heavy atom. The number of ether oxygens (including phenoxy) is 1. The molecule has 0 radical (unpaired) electrons. The molecule has 2 aromatic rings. The van der Waals surface area contributed by atoms with E-state index in [-0.39, 0.29) is 18.3 Å². The molecular weight excluding hydrogens is 326 g/mol. The zero-order chi connectivity index (χ0) is 17.1. The molecular formula is C19H18ClNO3. The van der Waals surface area contributed by atoms with Gasteiger partial charge in [-0.2, -0.15) is 0 Å². The minimum absolute atomic E-state index is 0.125. The van der Waals surface area contributed by atoms with Crippen LogP contribution in [-0.2, 0) is 27.2 Å². The zero-order valence-electron chi connectivity index (χ0n) is 13.4. The zero-order valence-corrected chi connectivity index (χ0v) is 14.1. The second-order valence-corrected chi connectivity index (χ2v) is 6.21. The van der Waals surface area contributed by atoms with E-state index in [0.717, 1.165) is 23.2 Å². The van der Waals surface area contributed by atoms with Crippen LogP contribution < -0.4 is 4.90 Å². The van der Waals surface area contributed by atoms with Crippen LogP contribution >= 0.6 is 11.6 Å². The first-order valence-electron chi connectivity index (χ1n) is 7.82. The maximum absolute atomic E-state index is 12.9. The number of esters is 1. The number of nitrogens with zero attached hydrogens (tertiary/aromatic N) is 1. The lowest BCUT2D eigenvalue weighted by Gasteiger charge is -2.35. The molecule has 0 saturated heterocycles. The highest BCUT2D eigenvalue weighted by Crippen LogP contribution is 2.31. The van der Waals surface area contributed by atoms with Crippen molar-refractivity contribution < 1.29 is 14.3 Å². The number of hydrogen-bond acceptors (Lipinski definition) is 3. The van der Waals surface area contributed by atoms with E-state index in [2.05, 4.69) is 0 Å². The third kappa shape index (κ3) is 3.29. The molecule has 0 N–H and O–H groups in total. The Hall–Kier alpha value is -2.33. The Kier molecular flexibility index (Phi) is 4.86. The summed E-state index contributed by atoms with van der Waals surface area (Å²) in [7, 11) is 1.35. The summed E-state index contributed by atoms with van der Waals surface area (Å²) in [6, 6.07) is 14.3. The van der Waals surface area contributed by atoms with E-state index in [1.54, 1.807) is 17.0 Å². The van der Waals surface area contributed by atoms with Gasteiger partial charge < -0.3 is 4.74 Å². The summed E-state index contributed by atoms with van der Waals surface area (Å²) < 4.78 is 4.90. The standard InChI is InChI=1S/C19H18ClNO3/c1-24-19(23)17-11-8-14-4-2-3-5-16(14)21(17)18(22)12-13-6-9-15(20)10-7-13/h2-7,9-10,17H,8,11-12H2,1H3/t17-/m1/s1. The molecule has 0 spiro atoms. The van der Waals surface area contributed by atoms with Crippen LogP contribution in [0.25, 0.3) is 0 Å². The van der Waals surface area contributed by atoms with Crippen molar-refractivity contribution in [2.24, 2.45) is 0 Å². The van der Waals surface area contributed by atoms with Crippen LogP contribution in [-0.4, -0.2) is 25.0 Å². The molecule has 1 aliphatic rings. The van der Waals surface area contributed by atoms with Crippen molar-refractivity contribution in [3.63, 3.8) is 0 Å². The number of para-hydroxylation sites is 1. The van der Waals surface area contributed by atoms with Gasteiger partial charge in [0.1, 0.15) is 6.04 Å². The second kappa shape index (κ2) is 7.05. The number of halogens is 1. The molecule has 3 rings (SSSR count). The number of rotatable bonds is 3. The highest BCUT2D eigenvalue weighted by Gasteiger charge is 2.35. The van der Waals surface area contributed by atoms with E-state index in [9.17, 15) is 9.59 Å². The van der Waals surface area contributed by atoms with Gasteiger partial charge in [-0.3, -0.25) is 9.69 Å². The first kappa shape index (κ1) is 16.5. The molecule has 2 aromatic carbocycles. The fourth-order valence-electron chi connectivity index (χ4n) is 3.08. The van der Waals surface area contributed by atoms with Gasteiger partial charge in [-0.1, -0.05) is 41.9 Å². The second-order valence-electron chi connectivity index (χ2n) is 5.77. The quantitative estimate of drug-likeness (QED) is 0.802. The molecule has 1 heterocycles. The van der Waals surface area contributed by atoms with Crippen molar-refractivity contribution in [2.45, 2.75) is 25.3 Å². The molecule has 124 valence electrons. The smallest absolute Gasteiger partial charge is 0.328 e. The summed E-state index contributed by atoms with van der Waals surface area (Å²) in [5.41, 5.74) is 2.72. The number of hydrogen-bond donors (Lipinski definition) is 0. The number of amides is 1. The van der Waals surface area contributed by atoms with Gasteiger partial charge in [0, 0.05) is 10.7 Å². The third-order valence-electron chi connectivity index (χ3n) is 4.26. The molecule has 0 saturated carbocycles. The molecule has 0 bridgehead atoms. The predicted octanol–water partition coefficient (Wildman–Crippen LogP) is 3.40. The van der Waals surface area contributed by atoms with Crippen LogP contribution in [0.1, 0.15) is 17.5 Å². The van der Waals surface area contributed by atoms with Gasteiger partial charge in [-0.15, -0.1) is 0 Å². The lowest BCUT2D eigenvalue weighted by molar-refractivity contribution is -0.143. The van der Waals surface area contributed by atoms with E-state index < -0.39 is 6.04 Å². The van der Waals surface area contributed by atoms with Crippen LogP contribution in [0.5, 0.6) is 0 Å². The Balaban J connectivity index is 1.92. The number of aryl methyl sites for hydroxylation is 1. The van der Waals surface area contributed by atoms with Gasteiger partial charge in [0.05, 0.1) is 13.5 Å². The minimum atomic E-state index is -0.579. The molecule has 0 aromatic heterocycles. The first-order valence-corrected chi connectivity index (χ1v) is 8.20. The topological polar surface area (TPSA) is 46.6 Å². The minimum Gasteiger partial charge on any atom is -0.467 e. The van der Waals surface area contributed by atoms with E-state index in [1.165, 1.54) is 7.11 Å². The van der Waals surface area contributed by atoms with E-state index in [4.69, 9.17) is 16.3 Å². The monoisotopic (exact) mass is 343 g/mol. The van der Waals surface area contributed by atoms with Gasteiger partial charge in [0.2, 0.25) is 5.91 Å². The Labute approximate surface area is 146 Å². The summed E-state index contributed by atoms with van der Waals surface area (Å²) in [6.07, 6.45) is 1.52. The van der Waals surface area contributed by atoms with Gasteiger partial charge in [-0.25, -0.2) is 4.79 Å². The average Bonchev–Trinajstić information content (AvgIpc) is 2.61. The maximum atomic E-state index is 12.9. The molecule has 4 nitrogen and oxygen atoms in total. The molecule has 5 heteroatoms. The van der Waals surface area contributed by atoms with E-state index in [0.29, 0.717) is 11.4 Å². The lowest BCUT2D eigenvalue weighted by atomic mass is 9.95. The van der Waals surface area contributed by atoms with Crippen molar-refractivity contribution >= 4 is 29.2 Å². The number of fused-ring (bicyclic) bond motifs is 1. The Morgan fingerprint density at radius 2 is 1.88 bits per heavy atom. The Morgan fingerprint density at radius 3 is 2.58 bits per heavy atom. The van der Waals surface area contributed by atoms with Crippen molar-refractivity contribution in [3.05, 3.63) is 64.7 Å². The number of anilines is 1. The van der Waals surface area contributed by atoms with Gasteiger partial charge in [-0.05, 0) is 42.2 Å². The molecule has 0 fully saturated rings. The third-order valence-corrected chi connectivity index (χ3v) is 4.51. The SMILES string of the molecule is COC(=O)[C@H]1CCc2ccccc2N1C(=O)Cc1ccc(Cl)cc1. The summed E-state index contributed by atoms with van der Waals surface area (Å²) in [5.74, 6) is -0.506. The number of benzene rings is 2. The van der Waals surface area contributed by atoms with Crippen LogP contribution in [0.15, 0.2) is 48.5 Å². The molecule has 1 aliphatic heterocycles. The molecule has 1 amide bonds. The molecule has 24 heavy (non-hydrogen) atoms. The average molecular weight is 344 g/mol. The van der Waals surface area contributed by atoms with Gasteiger partial charge >= 0.3 is 5.97 Å². The Bertz CT molecular complexity index is 757. The number of methoxy groups -OCH3 is 1. The molecule has 0 unspecified atom stereocenters. The largest absolute Gasteiger partial charge is 0.467 e. The summed E-state index contributed by atoms with van der Waals surface area (Å²) >= 11 is 5.89. The van der Waals surface area contributed by atoms with Crippen LogP contribution in [0.3, 0.4) is 0 Å². The molecule has 1 atom stereocenters. The number of carbonyl (C=O) groups excluding carboxylic acids is 2. The van der Waals surface area contributed by atoms with Crippen LogP contribution in [0.4, 0.5) is 5.69 Å². The van der Waals surface area contributed by atoms with Crippen molar-refractivity contribution in [1.29, 1.82) is 0 Å². The summed E-state index contributed by atoms with van der Waals surface area (Å²) in [5, 5.41) is 0.627. The van der Waals surface area contributed by atoms with E-state index in [1.807, 2.05) is 36.4 Å². The van der Waals surface area contributed by atoms with Crippen LogP contribution in [0, 0.1) is 0 Å². The highest BCUT2D eigenvalue weighted by molar-refractivity contribution is 6.30. The van der Waals surface area contributed by atoms with Crippen molar-refractivity contribution in [2.75, 3.05) is 12.0 Å². The maximum Gasteiger partial charge on any atom is 0.328 e.